The molecule has 0 atom stereocenters. The van der Waals surface area contributed by atoms with Crippen LogP contribution in [0.15, 0.2) is 72.8 Å². The molecule has 0 aliphatic carbocycles. The fraction of sp³-hybridized carbons (Fsp3) is 0.0476. The summed E-state index contributed by atoms with van der Waals surface area (Å²) in [5, 5.41) is 10.1. The summed E-state index contributed by atoms with van der Waals surface area (Å²) in [4.78, 5) is 24.0. The van der Waals surface area contributed by atoms with E-state index in [1.165, 1.54) is 12.1 Å². The van der Waals surface area contributed by atoms with Crippen LogP contribution in [0.4, 0.5) is 5.69 Å². The molecule has 0 spiro atoms. The number of anilines is 1. The van der Waals surface area contributed by atoms with Gasteiger partial charge in [0.1, 0.15) is 12.3 Å². The Hall–Kier alpha value is -3.65. The van der Waals surface area contributed by atoms with Crippen LogP contribution in [0.5, 0.6) is 5.75 Å². The van der Waals surface area contributed by atoms with E-state index in [2.05, 4.69) is 0 Å². The fourth-order valence-electron chi connectivity index (χ4n) is 3.13. The van der Waals surface area contributed by atoms with Crippen LogP contribution in [-0.2, 0) is 15.0 Å². The molecule has 1 aliphatic heterocycles. The van der Waals surface area contributed by atoms with Gasteiger partial charge in [0.2, 0.25) is 0 Å². The van der Waals surface area contributed by atoms with Crippen molar-refractivity contribution in [3.63, 3.8) is 0 Å². The van der Waals surface area contributed by atoms with Crippen molar-refractivity contribution in [1.29, 1.82) is 0 Å². The molecule has 1 fully saturated rings. The van der Waals surface area contributed by atoms with E-state index in [9.17, 15) is 23.1 Å². The summed E-state index contributed by atoms with van der Waals surface area (Å²) in [6, 6.07) is 20.3. The van der Waals surface area contributed by atoms with Crippen molar-refractivity contribution in [2.75, 3.05) is 10.8 Å². The largest absolute Gasteiger partial charge is 0.506 e. The highest BCUT2D eigenvalue weighted by Gasteiger charge is 2.35. The van der Waals surface area contributed by atoms with Crippen LogP contribution in [0.3, 0.4) is 0 Å². The van der Waals surface area contributed by atoms with Crippen molar-refractivity contribution < 1.29 is 23.1 Å². The standard InChI is InChI=1S/C21H16N2O5S/c24-19-11-10-17(12-18(19)23-13-20(25)22-29(23,27)28)14-6-8-16(9-7-14)21(26)15-4-2-1-3-5-15/h1-12,24H,13H2,(H,22,25). The quantitative estimate of drug-likeness (QED) is 0.646. The Morgan fingerprint density at radius 3 is 2.14 bits per heavy atom. The Balaban J connectivity index is 1.66. The van der Waals surface area contributed by atoms with Crippen LogP contribution in [0, 0.1) is 0 Å². The number of phenolic OH excluding ortho intramolecular Hbond substituents is 1. The SMILES string of the molecule is O=C1CN(c2cc(-c3ccc(C(=O)c4ccccc4)cc3)ccc2O)S(=O)(=O)N1. The Kier molecular flexibility index (Phi) is 4.56. The second-order valence-corrected chi connectivity index (χ2v) is 8.11. The number of phenols is 1. The minimum atomic E-state index is -4.03. The summed E-state index contributed by atoms with van der Waals surface area (Å²) >= 11 is 0. The molecule has 0 saturated carbocycles. The molecule has 3 aromatic rings. The van der Waals surface area contributed by atoms with E-state index in [-0.39, 0.29) is 17.2 Å². The number of rotatable bonds is 4. The lowest BCUT2D eigenvalue weighted by atomic mass is 9.99. The van der Waals surface area contributed by atoms with Crippen LogP contribution in [-0.4, -0.2) is 31.8 Å². The highest BCUT2D eigenvalue weighted by atomic mass is 32.2. The van der Waals surface area contributed by atoms with E-state index < -0.39 is 22.7 Å². The number of carbonyl (C=O) groups excluding carboxylic acids is 2. The van der Waals surface area contributed by atoms with Crippen molar-refractivity contribution in [3.05, 3.63) is 83.9 Å². The molecule has 2 N–H and O–H groups in total. The number of amides is 1. The molecule has 1 aliphatic rings. The maximum Gasteiger partial charge on any atom is 0.326 e. The van der Waals surface area contributed by atoms with E-state index in [0.717, 1.165) is 9.87 Å². The van der Waals surface area contributed by atoms with Gasteiger partial charge < -0.3 is 5.11 Å². The second kappa shape index (κ2) is 7.06. The molecule has 1 heterocycles. The maximum absolute atomic E-state index is 12.5. The molecule has 1 saturated heterocycles. The Labute approximate surface area is 167 Å². The average Bonchev–Trinajstić information content (AvgIpc) is 3.00. The molecule has 0 unspecified atom stereocenters. The molecule has 146 valence electrons. The summed E-state index contributed by atoms with van der Waals surface area (Å²) < 4.78 is 26.8. The van der Waals surface area contributed by atoms with Gasteiger partial charge in [-0.3, -0.25) is 9.59 Å². The van der Waals surface area contributed by atoms with Gasteiger partial charge >= 0.3 is 10.2 Å². The van der Waals surface area contributed by atoms with Crippen molar-refractivity contribution in [2.45, 2.75) is 0 Å². The third-order valence-corrected chi connectivity index (χ3v) is 5.97. The topological polar surface area (TPSA) is 104 Å². The molecule has 0 bridgehead atoms. The van der Waals surface area contributed by atoms with Crippen LogP contribution in [0.1, 0.15) is 15.9 Å². The molecule has 0 aromatic heterocycles. The van der Waals surface area contributed by atoms with Crippen molar-refractivity contribution in [1.82, 2.24) is 4.72 Å². The van der Waals surface area contributed by atoms with Gasteiger partial charge in [-0.2, -0.15) is 8.42 Å². The van der Waals surface area contributed by atoms with Crippen LogP contribution in [0.25, 0.3) is 11.1 Å². The predicted molar refractivity (Wildman–Crippen MR) is 108 cm³/mol. The fourth-order valence-corrected chi connectivity index (χ4v) is 4.29. The molecule has 1 amide bonds. The average molecular weight is 408 g/mol. The van der Waals surface area contributed by atoms with Gasteiger partial charge in [-0.25, -0.2) is 9.03 Å². The first-order valence-electron chi connectivity index (χ1n) is 8.72. The third-order valence-electron chi connectivity index (χ3n) is 4.58. The highest BCUT2D eigenvalue weighted by molar-refractivity contribution is 7.92. The normalized spacial score (nSPS) is 15.2. The lowest BCUT2D eigenvalue weighted by Crippen LogP contribution is -2.29. The summed E-state index contributed by atoms with van der Waals surface area (Å²) in [7, 11) is -4.03. The number of benzene rings is 3. The number of nitrogens with one attached hydrogen (secondary N) is 1. The molecule has 7 nitrogen and oxygen atoms in total. The van der Waals surface area contributed by atoms with E-state index in [0.29, 0.717) is 16.7 Å². The summed E-state index contributed by atoms with van der Waals surface area (Å²) in [6.45, 7) is -0.399. The van der Waals surface area contributed by atoms with Crippen molar-refractivity contribution in [3.8, 4) is 16.9 Å². The lowest BCUT2D eigenvalue weighted by Gasteiger charge is -2.17. The minimum absolute atomic E-state index is 0.00490. The number of ketones is 1. The van der Waals surface area contributed by atoms with E-state index in [4.69, 9.17) is 0 Å². The molecule has 3 aromatic carbocycles. The monoisotopic (exact) mass is 408 g/mol. The smallest absolute Gasteiger partial charge is 0.326 e. The van der Waals surface area contributed by atoms with Crippen LogP contribution < -0.4 is 9.03 Å². The number of nitrogens with zero attached hydrogens (tertiary/aromatic N) is 1. The Morgan fingerprint density at radius 2 is 1.52 bits per heavy atom. The molecule has 4 rings (SSSR count). The van der Waals surface area contributed by atoms with E-state index >= 15 is 0 Å². The first-order chi connectivity index (χ1) is 13.8. The van der Waals surface area contributed by atoms with Gasteiger partial charge in [0, 0.05) is 11.1 Å². The van der Waals surface area contributed by atoms with Gasteiger partial charge in [0.25, 0.3) is 5.91 Å². The van der Waals surface area contributed by atoms with Gasteiger partial charge in [0.05, 0.1) is 5.69 Å². The van der Waals surface area contributed by atoms with E-state index in [1.54, 1.807) is 54.6 Å². The molecular formula is C21H16N2O5S. The molecule has 0 radical (unpaired) electrons. The lowest BCUT2D eigenvalue weighted by molar-refractivity contribution is -0.117. The molecule has 29 heavy (non-hydrogen) atoms. The highest BCUT2D eigenvalue weighted by Crippen LogP contribution is 2.35. The number of hydrogen-bond acceptors (Lipinski definition) is 5. The first kappa shape index (κ1) is 18.7. The van der Waals surface area contributed by atoms with Gasteiger partial charge in [0.15, 0.2) is 5.78 Å². The van der Waals surface area contributed by atoms with Crippen molar-refractivity contribution in [2.24, 2.45) is 0 Å². The molecular weight excluding hydrogens is 392 g/mol. The maximum atomic E-state index is 12.5. The van der Waals surface area contributed by atoms with Crippen molar-refractivity contribution >= 4 is 27.6 Å². The summed E-state index contributed by atoms with van der Waals surface area (Å²) in [5.41, 5.74) is 2.47. The Bertz CT molecular complexity index is 1210. The van der Waals surface area contributed by atoms with Gasteiger partial charge in [-0.1, -0.05) is 60.7 Å². The number of hydrogen-bond donors (Lipinski definition) is 2. The zero-order valence-corrected chi connectivity index (χ0v) is 15.9. The second-order valence-electron chi connectivity index (χ2n) is 6.51. The Morgan fingerprint density at radius 1 is 0.897 bits per heavy atom. The molecule has 8 heteroatoms. The number of aromatic hydroxyl groups is 1. The van der Waals surface area contributed by atoms with E-state index in [1.807, 2.05) is 10.8 Å². The van der Waals surface area contributed by atoms with Gasteiger partial charge in [-0.05, 0) is 23.3 Å². The summed E-state index contributed by atoms with van der Waals surface area (Å²) in [6.07, 6.45) is 0. The zero-order chi connectivity index (χ0) is 20.6. The first-order valence-corrected chi connectivity index (χ1v) is 10.2. The van der Waals surface area contributed by atoms with Crippen LogP contribution >= 0.6 is 0 Å². The zero-order valence-electron chi connectivity index (χ0n) is 15.1. The number of carbonyl (C=O) groups is 2. The third kappa shape index (κ3) is 3.57. The van der Waals surface area contributed by atoms with Gasteiger partial charge in [-0.15, -0.1) is 0 Å². The predicted octanol–water partition coefficient (Wildman–Crippen LogP) is 2.47. The summed E-state index contributed by atoms with van der Waals surface area (Å²) in [5.74, 6) is -1.03. The minimum Gasteiger partial charge on any atom is -0.506 e. The van der Waals surface area contributed by atoms with Crippen LogP contribution in [0.2, 0.25) is 0 Å².